The van der Waals surface area contributed by atoms with Crippen molar-refractivity contribution in [3.63, 3.8) is 0 Å². The zero-order chi connectivity index (χ0) is 23.6. The maximum Gasteiger partial charge on any atom is 0.332 e. The molecule has 4 atom stereocenters. The molecular formula is C24H39N3O5. The number of hydrogen-bond donors (Lipinski definition) is 5. The van der Waals surface area contributed by atoms with Crippen molar-refractivity contribution in [3.8, 4) is 0 Å². The quantitative estimate of drug-likeness (QED) is 0.166. The normalized spacial score (nSPS) is 27.1. The highest BCUT2D eigenvalue weighted by Crippen LogP contribution is 2.48. The van der Waals surface area contributed by atoms with Crippen LogP contribution in [0.1, 0.15) is 77.6 Å². The van der Waals surface area contributed by atoms with Crippen molar-refractivity contribution >= 4 is 17.7 Å². The van der Waals surface area contributed by atoms with Crippen LogP contribution in [-0.4, -0.2) is 45.2 Å². The number of unbranched alkanes of at least 4 members (excludes halogenated alkanes) is 2. The number of carboxylic acid groups (broad SMARTS) is 1. The van der Waals surface area contributed by atoms with Gasteiger partial charge < -0.3 is 21.1 Å². The zero-order valence-corrected chi connectivity index (χ0v) is 19.1. The number of aliphatic hydroxyl groups excluding tert-OH is 2. The lowest BCUT2D eigenvalue weighted by atomic mass is 9.62. The molecule has 2 aliphatic carbocycles. The van der Waals surface area contributed by atoms with Crippen LogP contribution >= 0.6 is 0 Å². The summed E-state index contributed by atoms with van der Waals surface area (Å²) in [6.07, 6.45) is 15.2. The largest absolute Gasteiger partial charge is 0.481 e. The van der Waals surface area contributed by atoms with Gasteiger partial charge in [0.25, 0.3) is 0 Å². The first kappa shape index (κ1) is 26.1. The number of primary amides is 1. The van der Waals surface area contributed by atoms with Gasteiger partial charge >= 0.3 is 12.0 Å². The van der Waals surface area contributed by atoms with Crippen LogP contribution in [0.3, 0.4) is 0 Å². The smallest absolute Gasteiger partial charge is 0.332 e. The molecule has 0 aromatic rings. The van der Waals surface area contributed by atoms with Crippen molar-refractivity contribution < 1.29 is 24.9 Å². The molecule has 0 spiro atoms. The number of nitrogens with two attached hydrogens (primary N) is 1. The highest BCUT2D eigenvalue weighted by atomic mass is 16.4. The van der Waals surface area contributed by atoms with Crippen LogP contribution in [0.25, 0.3) is 0 Å². The summed E-state index contributed by atoms with van der Waals surface area (Å²) in [5, 5.41) is 34.4. The van der Waals surface area contributed by atoms with Crippen LogP contribution in [0.15, 0.2) is 29.4 Å². The Bertz CT molecular complexity index is 714. The van der Waals surface area contributed by atoms with E-state index in [0.29, 0.717) is 31.4 Å². The van der Waals surface area contributed by atoms with Crippen LogP contribution in [0.5, 0.6) is 0 Å². The maximum absolute atomic E-state index is 11.1. The minimum atomic E-state index is -0.809. The number of aliphatic hydroxyl groups is 2. The topological polar surface area (TPSA) is 145 Å². The molecule has 0 saturated heterocycles. The third-order valence-corrected chi connectivity index (χ3v) is 6.90. The fourth-order valence-electron chi connectivity index (χ4n) is 4.83. The molecule has 0 heterocycles. The first-order valence-corrected chi connectivity index (χ1v) is 11.8. The number of urea groups is 1. The average Bonchev–Trinajstić information content (AvgIpc) is 3.00. The van der Waals surface area contributed by atoms with Gasteiger partial charge in [0.2, 0.25) is 0 Å². The van der Waals surface area contributed by atoms with Gasteiger partial charge in [-0.15, -0.1) is 0 Å². The summed E-state index contributed by atoms with van der Waals surface area (Å²) in [6.45, 7) is 2.16. The van der Waals surface area contributed by atoms with Gasteiger partial charge in [0.15, 0.2) is 0 Å². The van der Waals surface area contributed by atoms with Crippen molar-refractivity contribution in [1.82, 2.24) is 5.43 Å². The highest BCUT2D eigenvalue weighted by Gasteiger charge is 2.42. The average molecular weight is 450 g/mol. The van der Waals surface area contributed by atoms with Gasteiger partial charge in [-0.3, -0.25) is 4.79 Å². The predicted molar refractivity (Wildman–Crippen MR) is 124 cm³/mol. The van der Waals surface area contributed by atoms with E-state index in [1.807, 2.05) is 24.3 Å². The predicted octanol–water partition coefficient (Wildman–Crippen LogP) is 3.49. The third-order valence-electron chi connectivity index (χ3n) is 6.90. The molecule has 0 bridgehead atoms. The first-order chi connectivity index (χ1) is 15.3. The second-order valence-electron chi connectivity index (χ2n) is 9.18. The molecule has 2 saturated carbocycles. The van der Waals surface area contributed by atoms with Gasteiger partial charge in [-0.05, 0) is 43.9 Å². The molecule has 1 unspecified atom stereocenters. The lowest BCUT2D eigenvalue weighted by Crippen LogP contribution is -2.40. The molecule has 0 aliphatic heterocycles. The molecule has 2 aliphatic rings. The molecule has 2 fully saturated rings. The van der Waals surface area contributed by atoms with Gasteiger partial charge in [-0.2, -0.15) is 5.10 Å². The Kier molecular flexibility index (Phi) is 10.4. The van der Waals surface area contributed by atoms with Crippen LogP contribution in [0.4, 0.5) is 4.79 Å². The summed E-state index contributed by atoms with van der Waals surface area (Å²) < 4.78 is 0. The van der Waals surface area contributed by atoms with Gasteiger partial charge in [0.1, 0.15) is 0 Å². The molecule has 0 aromatic heterocycles. The lowest BCUT2D eigenvalue weighted by Gasteiger charge is -2.45. The van der Waals surface area contributed by atoms with Crippen molar-refractivity contribution in [2.24, 2.45) is 28.1 Å². The fourth-order valence-corrected chi connectivity index (χ4v) is 4.83. The number of carboxylic acids is 1. The fraction of sp³-hybridized carbons (Fsp3) is 0.708. The van der Waals surface area contributed by atoms with E-state index in [-0.39, 0.29) is 23.7 Å². The third kappa shape index (κ3) is 7.45. The second kappa shape index (κ2) is 12.7. The van der Waals surface area contributed by atoms with E-state index in [2.05, 4.69) is 17.5 Å². The maximum atomic E-state index is 11.1. The van der Waals surface area contributed by atoms with Crippen LogP contribution in [0, 0.1) is 17.3 Å². The Balaban J connectivity index is 2.08. The van der Waals surface area contributed by atoms with Gasteiger partial charge in [0.05, 0.1) is 12.2 Å². The molecule has 0 radical (unpaired) electrons. The van der Waals surface area contributed by atoms with Crippen molar-refractivity contribution in [3.05, 3.63) is 24.3 Å². The van der Waals surface area contributed by atoms with E-state index in [1.165, 1.54) is 0 Å². The zero-order valence-electron chi connectivity index (χ0n) is 19.1. The number of carbonyl (C=O) groups is 2. The number of hydrazone groups is 1. The number of nitrogens with one attached hydrogen (secondary N) is 1. The highest BCUT2D eigenvalue weighted by molar-refractivity contribution is 5.91. The van der Waals surface area contributed by atoms with Gasteiger partial charge in [-0.1, -0.05) is 50.5 Å². The van der Waals surface area contributed by atoms with E-state index in [4.69, 9.17) is 10.8 Å². The number of nitrogens with zero attached hydrogens (tertiary/aromatic N) is 1. The Morgan fingerprint density at radius 3 is 2.66 bits per heavy atom. The summed E-state index contributed by atoms with van der Waals surface area (Å²) in [4.78, 5) is 21.7. The summed E-state index contributed by atoms with van der Waals surface area (Å²) in [6, 6.07) is -0.757. The monoisotopic (exact) mass is 449 g/mol. The minimum Gasteiger partial charge on any atom is -0.481 e. The number of aliphatic carboxylic acids is 1. The molecule has 6 N–H and O–H groups in total. The van der Waals surface area contributed by atoms with Crippen LogP contribution in [0.2, 0.25) is 0 Å². The van der Waals surface area contributed by atoms with E-state index in [1.54, 1.807) is 0 Å². The molecular weight excluding hydrogens is 410 g/mol. The molecule has 8 nitrogen and oxygen atoms in total. The second-order valence-corrected chi connectivity index (χ2v) is 9.18. The molecule has 8 heteroatoms. The number of rotatable bonds is 13. The van der Waals surface area contributed by atoms with E-state index >= 15 is 0 Å². The number of amides is 2. The van der Waals surface area contributed by atoms with Gasteiger partial charge in [0, 0.05) is 30.4 Å². The molecule has 2 amide bonds. The number of carbonyl (C=O) groups excluding carboxylic acids is 1. The first-order valence-electron chi connectivity index (χ1n) is 11.8. The number of allylic oxidation sites excluding steroid dienone is 2. The summed E-state index contributed by atoms with van der Waals surface area (Å²) in [7, 11) is 0. The number of hydrogen-bond acceptors (Lipinski definition) is 5. The van der Waals surface area contributed by atoms with E-state index in [0.717, 1.165) is 38.5 Å². The SMILES string of the molecule is CCCCC1(C(O)C=C[C@H]2[C@H](O)CC(=NNC(N)=O)[C@@H]2CC=CCCCC(=O)O)CCC1. The standard InChI is InChI=1S/C24H39N3O5/c1-2-3-13-24(14-8-15-24)21(29)12-11-18-17(9-6-4-5-7-10-22(30)31)19(16-20(18)28)26-27-23(25)32/h4,6,11-12,17-18,20-21,28-29H,2-3,5,7-10,13-16H2,1H3,(H,30,31)(H3,25,27,32)/t17-,18-,20-,21?/m1/s1. The summed E-state index contributed by atoms with van der Waals surface area (Å²) in [5.74, 6) is -1.18. The Labute approximate surface area is 190 Å². The molecule has 2 rings (SSSR count). The molecule has 0 aromatic carbocycles. The van der Waals surface area contributed by atoms with Gasteiger partial charge in [-0.25, -0.2) is 10.2 Å². The van der Waals surface area contributed by atoms with E-state index < -0.39 is 24.2 Å². The van der Waals surface area contributed by atoms with E-state index in [9.17, 15) is 19.8 Å². The minimum absolute atomic E-state index is 0.0416. The molecule has 180 valence electrons. The van der Waals surface area contributed by atoms with Crippen molar-refractivity contribution in [2.45, 2.75) is 89.8 Å². The summed E-state index contributed by atoms with van der Waals surface area (Å²) >= 11 is 0. The van der Waals surface area contributed by atoms with Crippen molar-refractivity contribution in [1.29, 1.82) is 0 Å². The van der Waals surface area contributed by atoms with Crippen LogP contribution in [-0.2, 0) is 4.79 Å². The molecule has 32 heavy (non-hydrogen) atoms. The Hall–Kier alpha value is -2.19. The lowest BCUT2D eigenvalue weighted by molar-refractivity contribution is -0.137. The Morgan fingerprint density at radius 1 is 1.31 bits per heavy atom. The van der Waals surface area contributed by atoms with Crippen LogP contribution < -0.4 is 11.2 Å². The Morgan fingerprint density at radius 2 is 2.06 bits per heavy atom. The van der Waals surface area contributed by atoms with Crippen molar-refractivity contribution in [2.75, 3.05) is 0 Å². The summed E-state index contributed by atoms with van der Waals surface area (Å²) in [5.41, 5.74) is 8.03.